The number of urea groups is 1. The average molecular weight is 335 g/mol. The first-order chi connectivity index (χ1) is 11.6. The number of carbonyl (C=O) groups excluding carboxylic acids is 2. The number of hydrogen-bond acceptors (Lipinski definition) is 2. The number of rotatable bonds is 3. The number of carbonyl (C=O) groups is 2. The summed E-state index contributed by atoms with van der Waals surface area (Å²) in [6.07, 6.45) is 9.11. The zero-order valence-electron chi connectivity index (χ0n) is 15.1. The summed E-state index contributed by atoms with van der Waals surface area (Å²) < 4.78 is 0. The average Bonchev–Trinajstić information content (AvgIpc) is 2.61. The Morgan fingerprint density at radius 2 is 1.58 bits per heavy atom. The van der Waals surface area contributed by atoms with Crippen molar-refractivity contribution < 1.29 is 9.59 Å². The summed E-state index contributed by atoms with van der Waals surface area (Å²) in [5, 5.41) is 2.97. The zero-order chi connectivity index (χ0) is 16.9. The van der Waals surface area contributed by atoms with Crippen LogP contribution in [0.25, 0.3) is 0 Å². The predicted molar refractivity (Wildman–Crippen MR) is 94.6 cm³/mol. The third kappa shape index (κ3) is 4.42. The molecule has 3 amide bonds. The molecule has 2 atom stereocenters. The highest BCUT2D eigenvalue weighted by Gasteiger charge is 2.32. The van der Waals surface area contributed by atoms with Gasteiger partial charge in [0.2, 0.25) is 5.91 Å². The fourth-order valence-electron chi connectivity index (χ4n) is 4.59. The van der Waals surface area contributed by atoms with Crippen LogP contribution in [0.3, 0.4) is 0 Å². The maximum absolute atomic E-state index is 12.4. The van der Waals surface area contributed by atoms with Gasteiger partial charge in [0, 0.05) is 39.1 Å². The van der Waals surface area contributed by atoms with Crippen molar-refractivity contribution in [2.24, 2.45) is 17.8 Å². The Labute approximate surface area is 146 Å². The van der Waals surface area contributed by atoms with Crippen LogP contribution in [-0.2, 0) is 4.79 Å². The maximum atomic E-state index is 12.4. The molecule has 0 radical (unpaired) electrons. The van der Waals surface area contributed by atoms with Gasteiger partial charge in [-0.2, -0.15) is 0 Å². The Morgan fingerprint density at radius 1 is 0.917 bits per heavy atom. The molecule has 0 aromatic heterocycles. The van der Waals surface area contributed by atoms with Gasteiger partial charge in [-0.3, -0.25) is 4.79 Å². The van der Waals surface area contributed by atoms with Gasteiger partial charge in [0.1, 0.15) is 0 Å². The SMILES string of the molecule is CC1CCN(C(=O)CCNC(=O)N2CCC3CCCCC3C2)CC1. The lowest BCUT2D eigenvalue weighted by Gasteiger charge is -2.41. The van der Waals surface area contributed by atoms with Gasteiger partial charge >= 0.3 is 6.03 Å². The van der Waals surface area contributed by atoms with E-state index >= 15 is 0 Å². The van der Waals surface area contributed by atoms with Crippen LogP contribution in [0.1, 0.15) is 58.3 Å². The van der Waals surface area contributed by atoms with Crippen molar-refractivity contribution in [3.05, 3.63) is 0 Å². The van der Waals surface area contributed by atoms with Gasteiger partial charge in [-0.15, -0.1) is 0 Å². The van der Waals surface area contributed by atoms with Crippen molar-refractivity contribution in [2.45, 2.75) is 58.3 Å². The van der Waals surface area contributed by atoms with Crippen molar-refractivity contribution in [2.75, 3.05) is 32.7 Å². The molecule has 5 heteroatoms. The third-order valence-corrected chi connectivity index (χ3v) is 6.33. The summed E-state index contributed by atoms with van der Waals surface area (Å²) in [5.74, 6) is 2.46. The van der Waals surface area contributed by atoms with Crippen LogP contribution in [0, 0.1) is 17.8 Å². The van der Waals surface area contributed by atoms with Crippen molar-refractivity contribution >= 4 is 11.9 Å². The maximum Gasteiger partial charge on any atom is 0.317 e. The zero-order valence-corrected chi connectivity index (χ0v) is 15.1. The summed E-state index contributed by atoms with van der Waals surface area (Å²) in [6, 6.07) is 0.0269. The molecular weight excluding hydrogens is 302 g/mol. The minimum Gasteiger partial charge on any atom is -0.343 e. The molecule has 1 aliphatic carbocycles. The van der Waals surface area contributed by atoms with E-state index in [1.54, 1.807) is 0 Å². The fraction of sp³-hybridized carbons (Fsp3) is 0.895. The van der Waals surface area contributed by atoms with Gasteiger partial charge < -0.3 is 15.1 Å². The van der Waals surface area contributed by atoms with E-state index in [1.165, 1.54) is 25.7 Å². The number of nitrogens with zero attached hydrogens (tertiary/aromatic N) is 2. The molecule has 1 N–H and O–H groups in total. The lowest BCUT2D eigenvalue weighted by molar-refractivity contribution is -0.132. The van der Waals surface area contributed by atoms with Gasteiger partial charge in [-0.1, -0.05) is 26.2 Å². The monoisotopic (exact) mass is 335 g/mol. The molecule has 2 heterocycles. The Morgan fingerprint density at radius 3 is 2.33 bits per heavy atom. The number of hydrogen-bond donors (Lipinski definition) is 1. The normalized spacial score (nSPS) is 28.4. The van der Waals surface area contributed by atoms with E-state index in [0.29, 0.717) is 18.9 Å². The molecule has 2 unspecified atom stereocenters. The van der Waals surface area contributed by atoms with Gasteiger partial charge in [0.15, 0.2) is 0 Å². The van der Waals surface area contributed by atoms with E-state index in [2.05, 4.69) is 12.2 Å². The van der Waals surface area contributed by atoms with E-state index in [0.717, 1.165) is 57.3 Å². The molecule has 0 aromatic carbocycles. The molecule has 136 valence electrons. The molecular formula is C19H33N3O2. The summed E-state index contributed by atoms with van der Waals surface area (Å²) in [4.78, 5) is 28.5. The molecule has 3 fully saturated rings. The molecule has 0 spiro atoms. The highest BCUT2D eigenvalue weighted by atomic mass is 16.2. The standard InChI is InChI=1S/C19H33N3O2/c1-15-7-11-21(12-8-15)18(23)6-10-20-19(24)22-13-9-16-4-2-3-5-17(16)14-22/h15-17H,2-14H2,1H3,(H,20,24). The lowest BCUT2D eigenvalue weighted by Crippen LogP contribution is -2.49. The Bertz CT molecular complexity index is 446. The van der Waals surface area contributed by atoms with Crippen molar-refractivity contribution in [1.82, 2.24) is 15.1 Å². The van der Waals surface area contributed by atoms with Crippen LogP contribution in [0.4, 0.5) is 4.79 Å². The van der Waals surface area contributed by atoms with Crippen LogP contribution in [0.2, 0.25) is 0 Å². The molecule has 5 nitrogen and oxygen atoms in total. The summed E-state index contributed by atoms with van der Waals surface area (Å²) >= 11 is 0. The van der Waals surface area contributed by atoms with E-state index in [1.807, 2.05) is 9.80 Å². The first-order valence-corrected chi connectivity index (χ1v) is 9.94. The van der Waals surface area contributed by atoms with Crippen LogP contribution >= 0.6 is 0 Å². The first kappa shape index (κ1) is 17.6. The Balaban J connectivity index is 1.36. The van der Waals surface area contributed by atoms with E-state index in [-0.39, 0.29) is 11.9 Å². The van der Waals surface area contributed by atoms with Crippen LogP contribution in [0.5, 0.6) is 0 Å². The lowest BCUT2D eigenvalue weighted by atomic mass is 9.75. The first-order valence-electron chi connectivity index (χ1n) is 9.94. The topological polar surface area (TPSA) is 52.7 Å². The second kappa shape index (κ2) is 8.21. The Kier molecular flexibility index (Phi) is 6.01. The molecule has 2 saturated heterocycles. The second-order valence-electron chi connectivity index (χ2n) is 8.08. The summed E-state index contributed by atoms with van der Waals surface area (Å²) in [7, 11) is 0. The van der Waals surface area contributed by atoms with E-state index in [9.17, 15) is 9.59 Å². The number of fused-ring (bicyclic) bond motifs is 1. The molecule has 2 aliphatic heterocycles. The quantitative estimate of drug-likeness (QED) is 0.862. The fourth-order valence-corrected chi connectivity index (χ4v) is 4.59. The van der Waals surface area contributed by atoms with Crippen LogP contribution < -0.4 is 5.32 Å². The molecule has 1 saturated carbocycles. The van der Waals surface area contributed by atoms with Crippen molar-refractivity contribution in [1.29, 1.82) is 0 Å². The van der Waals surface area contributed by atoms with Gasteiger partial charge in [0.25, 0.3) is 0 Å². The number of amides is 3. The van der Waals surface area contributed by atoms with Gasteiger partial charge in [0.05, 0.1) is 0 Å². The molecule has 3 rings (SSSR count). The summed E-state index contributed by atoms with van der Waals surface area (Å²) in [5.41, 5.74) is 0. The largest absolute Gasteiger partial charge is 0.343 e. The van der Waals surface area contributed by atoms with Crippen LogP contribution in [-0.4, -0.2) is 54.5 Å². The highest BCUT2D eigenvalue weighted by Crippen LogP contribution is 2.35. The van der Waals surface area contributed by atoms with Crippen molar-refractivity contribution in [3.63, 3.8) is 0 Å². The number of likely N-dealkylation sites (tertiary alicyclic amines) is 2. The van der Waals surface area contributed by atoms with E-state index < -0.39 is 0 Å². The number of nitrogens with one attached hydrogen (secondary N) is 1. The van der Waals surface area contributed by atoms with Gasteiger partial charge in [-0.05, 0) is 43.4 Å². The predicted octanol–water partition coefficient (Wildman–Crippen LogP) is 2.86. The molecule has 3 aliphatic rings. The van der Waals surface area contributed by atoms with Gasteiger partial charge in [-0.25, -0.2) is 4.79 Å². The third-order valence-electron chi connectivity index (χ3n) is 6.33. The number of piperidine rings is 2. The highest BCUT2D eigenvalue weighted by molar-refractivity contribution is 5.78. The van der Waals surface area contributed by atoms with Crippen LogP contribution in [0.15, 0.2) is 0 Å². The minimum atomic E-state index is 0.0269. The molecule has 0 aromatic rings. The smallest absolute Gasteiger partial charge is 0.317 e. The molecule has 24 heavy (non-hydrogen) atoms. The van der Waals surface area contributed by atoms with E-state index in [4.69, 9.17) is 0 Å². The summed E-state index contributed by atoms with van der Waals surface area (Å²) in [6.45, 7) is 6.26. The second-order valence-corrected chi connectivity index (χ2v) is 8.08. The Hall–Kier alpha value is -1.26. The van der Waals surface area contributed by atoms with Crippen molar-refractivity contribution in [3.8, 4) is 0 Å². The molecule has 0 bridgehead atoms. The minimum absolute atomic E-state index is 0.0269.